The number of hydrogen-bond donors (Lipinski definition) is 1. The fourth-order valence-electron chi connectivity index (χ4n) is 5.21. The number of nitrogens with zero attached hydrogens (tertiary/aromatic N) is 3. The van der Waals surface area contributed by atoms with E-state index in [-0.39, 0.29) is 36.5 Å². The van der Waals surface area contributed by atoms with Crippen molar-refractivity contribution in [1.82, 2.24) is 14.7 Å². The average molecular weight is 467 g/mol. The molecule has 1 N–H and O–H groups in total. The molecule has 3 fully saturated rings. The molecule has 2 aliphatic heterocycles. The summed E-state index contributed by atoms with van der Waals surface area (Å²) in [5.74, 6) is 0.00635. The summed E-state index contributed by atoms with van der Waals surface area (Å²) in [6.07, 6.45) is 0.797. The molecule has 0 bridgehead atoms. The van der Waals surface area contributed by atoms with Crippen molar-refractivity contribution in [2.75, 3.05) is 25.0 Å². The van der Waals surface area contributed by atoms with E-state index in [2.05, 4.69) is 5.32 Å². The van der Waals surface area contributed by atoms with E-state index >= 15 is 0 Å². The standard InChI is InChI=1S/C28H26N4O3/c33-26-25-18-30(27(34)29-22-13-11-20(12-14-22)19-7-3-1-4-8-19)15-16-31(25)28(35)32(26)24-17-23(24)21-9-5-2-6-10-21/h1-14,23-25H,15-18H2,(H,29,34)/t23-,24+,25?/m0/s1. The number of amides is 5. The van der Waals surface area contributed by atoms with Gasteiger partial charge in [0.2, 0.25) is 0 Å². The Morgan fingerprint density at radius 2 is 1.46 bits per heavy atom. The van der Waals surface area contributed by atoms with E-state index in [1.165, 1.54) is 4.90 Å². The van der Waals surface area contributed by atoms with Crippen molar-refractivity contribution >= 4 is 23.7 Å². The summed E-state index contributed by atoms with van der Waals surface area (Å²) < 4.78 is 0. The Labute approximate surface area is 203 Å². The Hall–Kier alpha value is -4.13. The number of fused-ring (bicyclic) bond motifs is 1. The Bertz CT molecular complexity index is 1260. The lowest BCUT2D eigenvalue weighted by Gasteiger charge is -2.35. The SMILES string of the molecule is O=C(Nc1ccc(-c2ccccc2)cc1)N1CCN2C(=O)N([C@@H]3C[C@H]3c3ccccc3)C(=O)C2C1. The van der Waals surface area contributed by atoms with Crippen LogP contribution in [0, 0.1) is 0 Å². The number of hydrogen-bond acceptors (Lipinski definition) is 3. The maximum Gasteiger partial charge on any atom is 0.327 e. The molecule has 5 amide bonds. The van der Waals surface area contributed by atoms with Crippen LogP contribution in [-0.2, 0) is 4.79 Å². The van der Waals surface area contributed by atoms with Crippen LogP contribution >= 0.6 is 0 Å². The molecule has 2 heterocycles. The normalized spacial score (nSPS) is 23.3. The average Bonchev–Trinajstić information content (AvgIpc) is 3.65. The molecule has 0 spiro atoms. The van der Waals surface area contributed by atoms with Crippen LogP contribution < -0.4 is 5.32 Å². The quantitative estimate of drug-likeness (QED) is 0.580. The van der Waals surface area contributed by atoms with Gasteiger partial charge in [0.25, 0.3) is 5.91 Å². The van der Waals surface area contributed by atoms with Gasteiger partial charge in [0.1, 0.15) is 6.04 Å². The number of imide groups is 1. The highest BCUT2D eigenvalue weighted by atomic mass is 16.2. The molecule has 1 aliphatic carbocycles. The maximum absolute atomic E-state index is 13.2. The maximum atomic E-state index is 13.2. The van der Waals surface area contributed by atoms with Gasteiger partial charge in [-0.25, -0.2) is 9.59 Å². The Balaban J connectivity index is 1.10. The van der Waals surface area contributed by atoms with Gasteiger partial charge in [-0.05, 0) is 35.2 Å². The molecule has 1 saturated carbocycles. The van der Waals surface area contributed by atoms with Crippen LogP contribution in [0.1, 0.15) is 17.9 Å². The first-order valence-electron chi connectivity index (χ1n) is 12.0. The Morgan fingerprint density at radius 1 is 0.800 bits per heavy atom. The van der Waals surface area contributed by atoms with Crippen molar-refractivity contribution in [2.45, 2.75) is 24.4 Å². The molecular formula is C28H26N4O3. The van der Waals surface area contributed by atoms with E-state index in [1.807, 2.05) is 84.9 Å². The smallest absolute Gasteiger partial charge is 0.320 e. The second-order valence-electron chi connectivity index (χ2n) is 9.34. The number of rotatable bonds is 4. The topological polar surface area (TPSA) is 73.0 Å². The second kappa shape index (κ2) is 8.58. The summed E-state index contributed by atoms with van der Waals surface area (Å²) in [5, 5.41) is 2.93. The number of urea groups is 2. The minimum atomic E-state index is -0.612. The lowest BCUT2D eigenvalue weighted by atomic mass is 10.1. The second-order valence-corrected chi connectivity index (χ2v) is 9.34. The van der Waals surface area contributed by atoms with E-state index < -0.39 is 6.04 Å². The lowest BCUT2D eigenvalue weighted by Crippen LogP contribution is -2.55. The first-order chi connectivity index (χ1) is 17.1. The van der Waals surface area contributed by atoms with Crippen LogP contribution in [0.25, 0.3) is 11.1 Å². The fraction of sp³-hybridized carbons (Fsp3) is 0.250. The molecule has 3 aromatic rings. The number of piperazine rings is 1. The minimum Gasteiger partial charge on any atom is -0.320 e. The van der Waals surface area contributed by atoms with E-state index in [0.29, 0.717) is 18.8 Å². The van der Waals surface area contributed by atoms with Gasteiger partial charge in [-0.3, -0.25) is 9.69 Å². The van der Waals surface area contributed by atoms with Gasteiger partial charge in [-0.1, -0.05) is 72.8 Å². The molecule has 3 aromatic carbocycles. The van der Waals surface area contributed by atoms with E-state index in [1.54, 1.807) is 9.80 Å². The van der Waals surface area contributed by atoms with Crippen molar-refractivity contribution in [1.29, 1.82) is 0 Å². The Morgan fingerprint density at radius 3 is 2.17 bits per heavy atom. The van der Waals surface area contributed by atoms with Crippen LogP contribution in [0.2, 0.25) is 0 Å². The fourth-order valence-corrected chi connectivity index (χ4v) is 5.21. The zero-order valence-corrected chi connectivity index (χ0v) is 19.2. The largest absolute Gasteiger partial charge is 0.327 e. The predicted octanol–water partition coefficient (Wildman–Crippen LogP) is 4.39. The van der Waals surface area contributed by atoms with Crippen molar-refractivity contribution in [3.8, 4) is 11.1 Å². The van der Waals surface area contributed by atoms with Crippen molar-refractivity contribution in [2.24, 2.45) is 0 Å². The summed E-state index contributed by atoms with van der Waals surface area (Å²) in [5.41, 5.74) is 4.03. The third kappa shape index (κ3) is 3.93. The van der Waals surface area contributed by atoms with Crippen LogP contribution in [0.4, 0.5) is 15.3 Å². The van der Waals surface area contributed by atoms with Gasteiger partial charge in [0.15, 0.2) is 0 Å². The molecule has 0 radical (unpaired) electrons. The van der Waals surface area contributed by atoms with Crippen LogP contribution in [0.15, 0.2) is 84.9 Å². The van der Waals surface area contributed by atoms with Gasteiger partial charge in [0, 0.05) is 30.7 Å². The minimum absolute atomic E-state index is 0.0894. The zero-order valence-electron chi connectivity index (χ0n) is 19.2. The van der Waals surface area contributed by atoms with Gasteiger partial charge in [-0.15, -0.1) is 0 Å². The highest BCUT2D eigenvalue weighted by Crippen LogP contribution is 2.46. The first kappa shape index (κ1) is 21.4. The molecule has 3 atom stereocenters. The molecular weight excluding hydrogens is 440 g/mol. The van der Waals surface area contributed by atoms with E-state index in [9.17, 15) is 14.4 Å². The van der Waals surface area contributed by atoms with Gasteiger partial charge < -0.3 is 15.1 Å². The number of nitrogens with one attached hydrogen (secondary N) is 1. The molecule has 176 valence electrons. The molecule has 7 nitrogen and oxygen atoms in total. The van der Waals surface area contributed by atoms with E-state index in [4.69, 9.17) is 0 Å². The number of anilines is 1. The zero-order chi connectivity index (χ0) is 23.9. The number of carbonyl (C=O) groups is 3. The van der Waals surface area contributed by atoms with E-state index in [0.717, 1.165) is 23.1 Å². The predicted molar refractivity (Wildman–Crippen MR) is 133 cm³/mol. The van der Waals surface area contributed by atoms with Crippen molar-refractivity contribution in [3.63, 3.8) is 0 Å². The van der Waals surface area contributed by atoms with Crippen LogP contribution in [0.5, 0.6) is 0 Å². The van der Waals surface area contributed by atoms with Crippen molar-refractivity contribution in [3.05, 3.63) is 90.5 Å². The third-order valence-corrected chi connectivity index (χ3v) is 7.20. The molecule has 3 aliphatic rings. The van der Waals surface area contributed by atoms with Crippen LogP contribution in [-0.4, -0.2) is 64.4 Å². The van der Waals surface area contributed by atoms with Gasteiger partial charge in [0.05, 0.1) is 6.54 Å². The summed E-state index contributed by atoms with van der Waals surface area (Å²) in [4.78, 5) is 43.9. The number of benzene rings is 3. The summed E-state index contributed by atoms with van der Waals surface area (Å²) in [7, 11) is 0. The summed E-state index contributed by atoms with van der Waals surface area (Å²) >= 11 is 0. The van der Waals surface area contributed by atoms with Crippen molar-refractivity contribution < 1.29 is 14.4 Å². The highest BCUT2D eigenvalue weighted by Gasteiger charge is 2.56. The summed E-state index contributed by atoms with van der Waals surface area (Å²) in [6.45, 7) is 0.955. The Kier molecular flexibility index (Phi) is 5.25. The monoisotopic (exact) mass is 466 g/mol. The highest BCUT2D eigenvalue weighted by molar-refractivity contribution is 6.05. The van der Waals surface area contributed by atoms with Gasteiger partial charge in [-0.2, -0.15) is 0 Å². The molecule has 1 unspecified atom stereocenters. The third-order valence-electron chi connectivity index (χ3n) is 7.20. The molecule has 7 heteroatoms. The lowest BCUT2D eigenvalue weighted by molar-refractivity contribution is -0.129. The molecule has 35 heavy (non-hydrogen) atoms. The molecule has 2 saturated heterocycles. The first-order valence-corrected chi connectivity index (χ1v) is 12.0. The summed E-state index contributed by atoms with van der Waals surface area (Å²) in [6, 6.07) is 26.6. The van der Waals surface area contributed by atoms with Crippen LogP contribution in [0.3, 0.4) is 0 Å². The molecule has 6 rings (SSSR count). The number of carbonyl (C=O) groups excluding carboxylic acids is 3. The van der Waals surface area contributed by atoms with Gasteiger partial charge >= 0.3 is 12.1 Å². The molecule has 0 aromatic heterocycles.